The van der Waals surface area contributed by atoms with Gasteiger partial charge in [0.15, 0.2) is 0 Å². The third-order valence-electron chi connectivity index (χ3n) is 4.69. The maximum atomic E-state index is 12.2. The fraction of sp³-hybridized carbons (Fsp3) is 0.375. The maximum absolute atomic E-state index is 12.2. The lowest BCUT2D eigenvalue weighted by molar-refractivity contribution is -0.124. The van der Waals surface area contributed by atoms with E-state index in [4.69, 9.17) is 4.74 Å². The zero-order valence-corrected chi connectivity index (χ0v) is 18.4. The predicted molar refractivity (Wildman–Crippen MR) is 121 cm³/mol. The van der Waals surface area contributed by atoms with Gasteiger partial charge in [-0.25, -0.2) is 0 Å². The smallest absolute Gasteiger partial charge is 0.269 e. The van der Waals surface area contributed by atoms with Gasteiger partial charge < -0.3 is 10.1 Å². The average Bonchev–Trinajstić information content (AvgIpc) is 2.76. The van der Waals surface area contributed by atoms with Crippen LogP contribution in [0.4, 0.5) is 5.69 Å². The van der Waals surface area contributed by atoms with Gasteiger partial charge in [-0.2, -0.15) is 0 Å². The number of hydrazine groups is 1. The first kappa shape index (κ1) is 23.9. The molecule has 0 fully saturated rings. The highest BCUT2D eigenvalue weighted by Gasteiger charge is 2.11. The number of rotatable bonds is 10. The van der Waals surface area contributed by atoms with Gasteiger partial charge in [0, 0.05) is 24.1 Å². The summed E-state index contributed by atoms with van der Waals surface area (Å²) in [6.45, 7) is 6.63. The van der Waals surface area contributed by atoms with Gasteiger partial charge in [-0.15, -0.1) is 0 Å². The van der Waals surface area contributed by atoms with Gasteiger partial charge in [0.05, 0.1) is 6.61 Å². The summed E-state index contributed by atoms with van der Waals surface area (Å²) < 4.78 is 5.61. The zero-order chi connectivity index (χ0) is 22.6. The molecule has 0 atom stereocenters. The van der Waals surface area contributed by atoms with Crippen LogP contribution in [0.2, 0.25) is 0 Å². The summed E-state index contributed by atoms with van der Waals surface area (Å²) in [5.74, 6) is -0.442. The Hall–Kier alpha value is -3.35. The molecule has 0 spiro atoms. The summed E-state index contributed by atoms with van der Waals surface area (Å²) in [5.41, 5.74) is 7.81. The van der Waals surface area contributed by atoms with Gasteiger partial charge in [0.25, 0.3) is 5.91 Å². The second-order valence-corrected chi connectivity index (χ2v) is 7.45. The highest BCUT2D eigenvalue weighted by Crippen LogP contribution is 2.16. The Kier molecular flexibility index (Phi) is 9.55. The van der Waals surface area contributed by atoms with E-state index >= 15 is 0 Å². The lowest BCUT2D eigenvalue weighted by atomic mass is 10.1. The maximum Gasteiger partial charge on any atom is 0.269 e. The van der Waals surface area contributed by atoms with Crippen LogP contribution in [0.15, 0.2) is 42.5 Å². The number of amides is 3. The van der Waals surface area contributed by atoms with E-state index in [1.165, 1.54) is 0 Å². The molecule has 0 unspecified atom stereocenters. The second-order valence-electron chi connectivity index (χ2n) is 7.45. The number of hydrogen-bond acceptors (Lipinski definition) is 4. The van der Waals surface area contributed by atoms with Gasteiger partial charge in [0.1, 0.15) is 5.75 Å². The molecule has 166 valence electrons. The summed E-state index contributed by atoms with van der Waals surface area (Å²) >= 11 is 0. The predicted octanol–water partition coefficient (Wildman–Crippen LogP) is 4.05. The number of carbonyl (C=O) groups is 3. The quantitative estimate of drug-likeness (QED) is 0.395. The van der Waals surface area contributed by atoms with Crippen LogP contribution in [0.25, 0.3) is 0 Å². The summed E-state index contributed by atoms with van der Waals surface area (Å²) in [5, 5.41) is 2.81. The number of nitrogens with one attached hydrogen (secondary N) is 3. The first-order chi connectivity index (χ1) is 14.9. The summed E-state index contributed by atoms with van der Waals surface area (Å²) in [4.78, 5) is 36.2. The largest absolute Gasteiger partial charge is 0.494 e. The van der Waals surface area contributed by atoms with E-state index in [1.807, 2.05) is 32.0 Å². The molecular formula is C24H31N3O4. The zero-order valence-electron chi connectivity index (χ0n) is 18.4. The summed E-state index contributed by atoms with van der Waals surface area (Å²) in [6.07, 6.45) is 3.22. The van der Waals surface area contributed by atoms with E-state index in [1.54, 1.807) is 24.3 Å². The van der Waals surface area contributed by atoms with Crippen LogP contribution < -0.4 is 20.9 Å². The van der Waals surface area contributed by atoms with E-state index in [0.717, 1.165) is 36.1 Å². The van der Waals surface area contributed by atoms with Crippen LogP contribution in [-0.2, 0) is 9.59 Å². The van der Waals surface area contributed by atoms with E-state index < -0.39 is 11.8 Å². The average molecular weight is 426 g/mol. The molecule has 0 aliphatic heterocycles. The fourth-order valence-corrected chi connectivity index (χ4v) is 2.82. The topological polar surface area (TPSA) is 96.5 Å². The lowest BCUT2D eigenvalue weighted by Gasteiger charge is -2.10. The normalized spacial score (nSPS) is 10.3. The van der Waals surface area contributed by atoms with Crippen molar-refractivity contribution < 1.29 is 19.1 Å². The van der Waals surface area contributed by atoms with Crippen molar-refractivity contribution in [1.29, 1.82) is 0 Å². The molecule has 31 heavy (non-hydrogen) atoms. The molecule has 0 bridgehead atoms. The van der Waals surface area contributed by atoms with Gasteiger partial charge in [-0.05, 0) is 61.7 Å². The van der Waals surface area contributed by atoms with Crippen molar-refractivity contribution in [3.63, 3.8) is 0 Å². The van der Waals surface area contributed by atoms with Crippen molar-refractivity contribution in [3.8, 4) is 5.75 Å². The molecule has 2 aromatic carbocycles. The van der Waals surface area contributed by atoms with Gasteiger partial charge in [-0.1, -0.05) is 31.9 Å². The van der Waals surface area contributed by atoms with Crippen LogP contribution in [0.3, 0.4) is 0 Å². The molecule has 3 N–H and O–H groups in total. The van der Waals surface area contributed by atoms with E-state index in [0.29, 0.717) is 17.9 Å². The van der Waals surface area contributed by atoms with Crippen LogP contribution >= 0.6 is 0 Å². The van der Waals surface area contributed by atoms with Crippen LogP contribution in [-0.4, -0.2) is 24.3 Å². The van der Waals surface area contributed by atoms with E-state index in [-0.39, 0.29) is 18.7 Å². The Labute approximate surface area is 183 Å². The third-order valence-corrected chi connectivity index (χ3v) is 4.69. The highest BCUT2D eigenvalue weighted by molar-refractivity contribution is 5.96. The molecule has 0 aromatic heterocycles. The first-order valence-corrected chi connectivity index (χ1v) is 10.6. The third kappa shape index (κ3) is 8.50. The number of unbranched alkanes of at least 4 members (excludes halogenated alkanes) is 2. The molecule has 0 aliphatic carbocycles. The monoisotopic (exact) mass is 425 g/mol. The van der Waals surface area contributed by atoms with Crippen molar-refractivity contribution in [2.24, 2.45) is 0 Å². The molecule has 2 rings (SSSR count). The molecular weight excluding hydrogens is 394 g/mol. The number of carbonyl (C=O) groups excluding carboxylic acids is 3. The fourth-order valence-electron chi connectivity index (χ4n) is 2.82. The van der Waals surface area contributed by atoms with Gasteiger partial charge >= 0.3 is 0 Å². The minimum atomic E-state index is -0.444. The molecule has 0 heterocycles. The molecule has 2 aromatic rings. The minimum absolute atomic E-state index is 0.0130. The highest BCUT2D eigenvalue weighted by atomic mass is 16.5. The van der Waals surface area contributed by atoms with Crippen molar-refractivity contribution in [2.45, 2.75) is 52.9 Å². The van der Waals surface area contributed by atoms with Crippen LogP contribution in [0.1, 0.15) is 60.5 Å². The summed E-state index contributed by atoms with van der Waals surface area (Å²) in [7, 11) is 0. The number of anilines is 1. The number of benzene rings is 2. The second kappa shape index (κ2) is 12.4. The van der Waals surface area contributed by atoms with Crippen molar-refractivity contribution in [1.82, 2.24) is 10.9 Å². The standard InChI is InChI=1S/C24H31N3O4/c1-4-5-6-15-31-20-11-9-19(10-12-20)24(30)27-26-23(29)14-13-22(28)25-21-16-17(2)7-8-18(21)3/h7-12,16H,4-6,13-15H2,1-3H3,(H,25,28)(H,26,29)(H,27,30). The molecule has 3 amide bonds. The molecule has 0 radical (unpaired) electrons. The molecule has 7 nitrogen and oxygen atoms in total. The van der Waals surface area contributed by atoms with Crippen molar-refractivity contribution in [2.75, 3.05) is 11.9 Å². The van der Waals surface area contributed by atoms with Crippen molar-refractivity contribution in [3.05, 3.63) is 59.2 Å². The Bertz CT molecular complexity index is 894. The van der Waals surface area contributed by atoms with Gasteiger partial charge in [-0.3, -0.25) is 25.2 Å². The number of ether oxygens (including phenoxy) is 1. The number of aryl methyl sites for hydroxylation is 2. The molecule has 7 heteroatoms. The Balaban J connectivity index is 1.71. The first-order valence-electron chi connectivity index (χ1n) is 10.6. The van der Waals surface area contributed by atoms with Crippen LogP contribution in [0, 0.1) is 13.8 Å². The lowest BCUT2D eigenvalue weighted by Crippen LogP contribution is -2.41. The van der Waals surface area contributed by atoms with Crippen LogP contribution in [0.5, 0.6) is 5.75 Å². The van der Waals surface area contributed by atoms with Gasteiger partial charge in [0.2, 0.25) is 11.8 Å². The molecule has 0 saturated carbocycles. The summed E-state index contributed by atoms with van der Waals surface area (Å²) in [6, 6.07) is 12.5. The molecule has 0 aliphatic rings. The molecule has 0 saturated heterocycles. The Morgan fingerprint density at radius 2 is 1.58 bits per heavy atom. The number of hydrogen-bond donors (Lipinski definition) is 3. The minimum Gasteiger partial charge on any atom is -0.494 e. The van der Waals surface area contributed by atoms with Crippen molar-refractivity contribution >= 4 is 23.4 Å². The Morgan fingerprint density at radius 3 is 2.29 bits per heavy atom. The van der Waals surface area contributed by atoms with E-state index in [9.17, 15) is 14.4 Å². The SMILES string of the molecule is CCCCCOc1ccc(C(=O)NNC(=O)CCC(=O)Nc2cc(C)ccc2C)cc1. The Morgan fingerprint density at radius 1 is 0.871 bits per heavy atom. The van der Waals surface area contributed by atoms with E-state index in [2.05, 4.69) is 23.1 Å².